The lowest BCUT2D eigenvalue weighted by Gasteiger charge is -2.19. The normalized spacial score (nSPS) is 13.7. The molecule has 0 saturated heterocycles. The van der Waals surface area contributed by atoms with E-state index in [2.05, 4.69) is 4.98 Å². The summed E-state index contributed by atoms with van der Waals surface area (Å²) in [4.78, 5) is 18.6. The van der Waals surface area contributed by atoms with Gasteiger partial charge in [0.25, 0.3) is 5.91 Å². The molecule has 1 aromatic heterocycles. The standard InChI is InChI=1S/C16H14N2O2/c1-2-3-11-18-13-8-6-10-17-15(13)20-14-9-5-4-7-12(14)16(18)19/h2-10H,11H2,1H3/b3-2+. The number of para-hydroxylation sites is 1. The van der Waals surface area contributed by atoms with E-state index in [1.165, 1.54) is 0 Å². The van der Waals surface area contributed by atoms with Crippen molar-refractivity contribution in [3.05, 3.63) is 60.3 Å². The Morgan fingerprint density at radius 2 is 2.10 bits per heavy atom. The molecule has 2 aromatic rings. The summed E-state index contributed by atoms with van der Waals surface area (Å²) in [7, 11) is 0. The molecule has 0 atom stereocenters. The third kappa shape index (κ3) is 2.05. The van der Waals surface area contributed by atoms with Crippen LogP contribution in [0.15, 0.2) is 54.7 Å². The van der Waals surface area contributed by atoms with Crippen LogP contribution in [0.1, 0.15) is 17.3 Å². The number of hydrogen-bond acceptors (Lipinski definition) is 3. The lowest BCUT2D eigenvalue weighted by molar-refractivity contribution is 0.0990. The predicted molar refractivity (Wildman–Crippen MR) is 77.2 cm³/mol. The van der Waals surface area contributed by atoms with Crippen molar-refractivity contribution >= 4 is 11.6 Å². The number of carbonyl (C=O) groups excluding carboxylic acids is 1. The maximum atomic E-state index is 12.7. The highest BCUT2D eigenvalue weighted by Crippen LogP contribution is 2.36. The Balaban J connectivity index is 2.16. The average Bonchev–Trinajstić information content (AvgIpc) is 2.60. The number of anilines is 1. The predicted octanol–water partition coefficient (Wildman–Crippen LogP) is 3.41. The molecule has 0 N–H and O–H groups in total. The van der Waals surface area contributed by atoms with Gasteiger partial charge in [-0.05, 0) is 31.2 Å². The summed E-state index contributed by atoms with van der Waals surface area (Å²) in [6.45, 7) is 2.42. The van der Waals surface area contributed by atoms with Crippen LogP contribution in [0.25, 0.3) is 0 Å². The molecule has 0 fully saturated rings. The molecule has 0 radical (unpaired) electrons. The second kappa shape index (κ2) is 5.17. The minimum atomic E-state index is -0.0783. The van der Waals surface area contributed by atoms with Crippen LogP contribution in [0.5, 0.6) is 11.6 Å². The van der Waals surface area contributed by atoms with Crippen molar-refractivity contribution in [3.63, 3.8) is 0 Å². The molecular formula is C16H14N2O2. The minimum absolute atomic E-state index is 0.0783. The number of ether oxygens (including phenoxy) is 1. The summed E-state index contributed by atoms with van der Waals surface area (Å²) in [5.74, 6) is 0.918. The van der Waals surface area contributed by atoms with Gasteiger partial charge in [0.15, 0.2) is 0 Å². The molecule has 2 heterocycles. The number of carbonyl (C=O) groups is 1. The average molecular weight is 266 g/mol. The van der Waals surface area contributed by atoms with Crippen LogP contribution in [0, 0.1) is 0 Å². The first-order chi connectivity index (χ1) is 9.81. The molecule has 4 heteroatoms. The van der Waals surface area contributed by atoms with E-state index in [0.29, 0.717) is 29.4 Å². The fourth-order valence-electron chi connectivity index (χ4n) is 2.15. The molecule has 0 bridgehead atoms. The second-order valence-electron chi connectivity index (χ2n) is 4.41. The van der Waals surface area contributed by atoms with E-state index in [9.17, 15) is 4.79 Å². The summed E-state index contributed by atoms with van der Waals surface area (Å²) in [6, 6.07) is 10.9. The largest absolute Gasteiger partial charge is 0.436 e. The van der Waals surface area contributed by atoms with Crippen LogP contribution in [-0.2, 0) is 0 Å². The van der Waals surface area contributed by atoms with Crippen molar-refractivity contribution in [2.24, 2.45) is 0 Å². The molecule has 1 amide bonds. The van der Waals surface area contributed by atoms with Crippen molar-refractivity contribution in [1.29, 1.82) is 0 Å². The van der Waals surface area contributed by atoms with Crippen LogP contribution in [0.4, 0.5) is 5.69 Å². The lowest BCUT2D eigenvalue weighted by Crippen LogP contribution is -2.30. The highest BCUT2D eigenvalue weighted by molar-refractivity contribution is 6.09. The summed E-state index contributed by atoms with van der Waals surface area (Å²) < 4.78 is 5.79. The number of pyridine rings is 1. The molecule has 0 spiro atoms. The maximum Gasteiger partial charge on any atom is 0.262 e. The van der Waals surface area contributed by atoms with Crippen LogP contribution in [0.3, 0.4) is 0 Å². The van der Waals surface area contributed by atoms with Gasteiger partial charge in [-0.15, -0.1) is 0 Å². The zero-order chi connectivity index (χ0) is 13.9. The third-order valence-corrected chi connectivity index (χ3v) is 3.13. The molecule has 0 aliphatic carbocycles. The van der Waals surface area contributed by atoms with Gasteiger partial charge in [0.2, 0.25) is 5.88 Å². The number of rotatable bonds is 2. The maximum absolute atomic E-state index is 12.7. The topological polar surface area (TPSA) is 42.4 Å². The van der Waals surface area contributed by atoms with Gasteiger partial charge in [-0.25, -0.2) is 4.98 Å². The smallest absolute Gasteiger partial charge is 0.262 e. The molecule has 1 aliphatic rings. The molecule has 1 aromatic carbocycles. The van der Waals surface area contributed by atoms with Gasteiger partial charge in [-0.3, -0.25) is 9.69 Å². The van der Waals surface area contributed by atoms with Crippen molar-refractivity contribution in [2.45, 2.75) is 6.92 Å². The van der Waals surface area contributed by atoms with Crippen LogP contribution in [0.2, 0.25) is 0 Å². The van der Waals surface area contributed by atoms with Crippen molar-refractivity contribution in [3.8, 4) is 11.6 Å². The van der Waals surface area contributed by atoms with Crippen molar-refractivity contribution < 1.29 is 9.53 Å². The summed E-state index contributed by atoms with van der Waals surface area (Å²) >= 11 is 0. The summed E-state index contributed by atoms with van der Waals surface area (Å²) in [6.07, 6.45) is 5.51. The van der Waals surface area contributed by atoms with E-state index in [-0.39, 0.29) is 5.91 Å². The van der Waals surface area contributed by atoms with E-state index in [1.807, 2.05) is 37.3 Å². The first-order valence-electron chi connectivity index (χ1n) is 6.46. The Morgan fingerprint density at radius 1 is 1.25 bits per heavy atom. The minimum Gasteiger partial charge on any atom is -0.436 e. The van der Waals surface area contributed by atoms with Gasteiger partial charge in [-0.2, -0.15) is 0 Å². The van der Waals surface area contributed by atoms with E-state index in [0.717, 1.165) is 0 Å². The SMILES string of the molecule is C/C=C/CN1C(=O)c2ccccc2Oc2ncccc21. The number of nitrogens with zero attached hydrogens (tertiary/aromatic N) is 2. The fourth-order valence-corrected chi connectivity index (χ4v) is 2.15. The number of hydrogen-bond donors (Lipinski definition) is 0. The summed E-state index contributed by atoms with van der Waals surface area (Å²) in [5.41, 5.74) is 1.24. The van der Waals surface area contributed by atoms with E-state index >= 15 is 0 Å². The first kappa shape index (κ1) is 12.4. The highest BCUT2D eigenvalue weighted by Gasteiger charge is 2.27. The Bertz CT molecular complexity index is 680. The molecule has 1 aliphatic heterocycles. The summed E-state index contributed by atoms with van der Waals surface area (Å²) in [5, 5.41) is 0. The fraction of sp³-hybridized carbons (Fsp3) is 0.125. The number of amides is 1. The number of fused-ring (bicyclic) bond motifs is 2. The number of allylic oxidation sites excluding steroid dienone is 1. The highest BCUT2D eigenvalue weighted by atomic mass is 16.5. The van der Waals surface area contributed by atoms with Crippen LogP contribution < -0.4 is 9.64 Å². The van der Waals surface area contributed by atoms with Gasteiger partial charge < -0.3 is 4.74 Å². The van der Waals surface area contributed by atoms with E-state index in [1.54, 1.807) is 29.3 Å². The quantitative estimate of drug-likeness (QED) is 0.782. The van der Waals surface area contributed by atoms with Gasteiger partial charge in [0, 0.05) is 12.7 Å². The van der Waals surface area contributed by atoms with Gasteiger partial charge in [0.05, 0.1) is 5.56 Å². The van der Waals surface area contributed by atoms with Crippen molar-refractivity contribution in [1.82, 2.24) is 4.98 Å². The van der Waals surface area contributed by atoms with Gasteiger partial charge >= 0.3 is 0 Å². The van der Waals surface area contributed by atoms with Crippen LogP contribution in [-0.4, -0.2) is 17.4 Å². The molecule has 100 valence electrons. The first-order valence-corrected chi connectivity index (χ1v) is 6.46. The lowest BCUT2D eigenvalue weighted by atomic mass is 10.1. The number of aromatic nitrogens is 1. The van der Waals surface area contributed by atoms with Gasteiger partial charge in [-0.1, -0.05) is 24.3 Å². The zero-order valence-corrected chi connectivity index (χ0v) is 11.1. The van der Waals surface area contributed by atoms with E-state index in [4.69, 9.17) is 4.74 Å². The molecule has 0 unspecified atom stereocenters. The Morgan fingerprint density at radius 3 is 2.95 bits per heavy atom. The molecule has 4 nitrogen and oxygen atoms in total. The molecule has 3 rings (SSSR count). The Labute approximate surface area is 117 Å². The Hall–Kier alpha value is -2.62. The number of benzene rings is 1. The monoisotopic (exact) mass is 266 g/mol. The van der Waals surface area contributed by atoms with E-state index < -0.39 is 0 Å². The van der Waals surface area contributed by atoms with Crippen LogP contribution >= 0.6 is 0 Å². The third-order valence-electron chi connectivity index (χ3n) is 3.13. The Kier molecular flexibility index (Phi) is 3.21. The van der Waals surface area contributed by atoms with Crippen molar-refractivity contribution in [2.75, 3.05) is 11.4 Å². The molecular weight excluding hydrogens is 252 g/mol. The zero-order valence-electron chi connectivity index (χ0n) is 11.1. The second-order valence-corrected chi connectivity index (χ2v) is 4.41. The van der Waals surface area contributed by atoms with Gasteiger partial charge in [0.1, 0.15) is 11.4 Å². The molecule has 20 heavy (non-hydrogen) atoms. The molecule has 0 saturated carbocycles.